The molecule has 0 aliphatic carbocycles. The Hall–Kier alpha value is -2.77. The minimum Gasteiger partial charge on any atom is -0.375 e. The van der Waals surface area contributed by atoms with E-state index in [0.717, 1.165) is 12.2 Å². The lowest BCUT2D eigenvalue weighted by molar-refractivity contribution is 0.606. The monoisotopic (exact) mass is 320 g/mol. The zero-order valence-electron chi connectivity index (χ0n) is 14.5. The van der Waals surface area contributed by atoms with Gasteiger partial charge in [-0.3, -0.25) is 0 Å². The summed E-state index contributed by atoms with van der Waals surface area (Å²) in [5.41, 5.74) is 1.66. The first kappa shape index (κ1) is 19.3. The zero-order valence-corrected chi connectivity index (χ0v) is 14.5. The standard InChI is InChI=1S/C20H24N4/c1-3-4-5-6-7-8-13-24(2)19-11-9-17(10-12-19)20(16-23)18(14-21)15-22/h9-12H,3-8,13H2,1-2H3. The normalized spacial score (nSPS) is 9.46. The van der Waals surface area contributed by atoms with E-state index in [1.54, 1.807) is 24.3 Å². The Morgan fingerprint density at radius 1 is 0.875 bits per heavy atom. The molecule has 0 amide bonds. The van der Waals surface area contributed by atoms with Gasteiger partial charge in [-0.2, -0.15) is 15.8 Å². The molecule has 124 valence electrons. The lowest BCUT2D eigenvalue weighted by atomic mass is 10.0. The van der Waals surface area contributed by atoms with E-state index in [1.165, 1.54) is 38.5 Å². The van der Waals surface area contributed by atoms with E-state index in [9.17, 15) is 5.26 Å². The van der Waals surface area contributed by atoms with E-state index in [4.69, 9.17) is 10.5 Å². The molecule has 0 atom stereocenters. The molecule has 4 heteroatoms. The Kier molecular flexibility index (Phi) is 8.73. The lowest BCUT2D eigenvalue weighted by Crippen LogP contribution is -2.18. The number of benzene rings is 1. The van der Waals surface area contributed by atoms with Gasteiger partial charge in [0, 0.05) is 19.3 Å². The smallest absolute Gasteiger partial charge is 0.148 e. The minimum atomic E-state index is -0.148. The maximum Gasteiger partial charge on any atom is 0.148 e. The topological polar surface area (TPSA) is 74.6 Å². The molecule has 0 fully saturated rings. The van der Waals surface area contributed by atoms with Crippen molar-refractivity contribution in [2.45, 2.75) is 45.4 Å². The number of allylic oxidation sites excluding steroid dienone is 2. The third kappa shape index (κ3) is 5.79. The molecule has 0 spiro atoms. The van der Waals surface area contributed by atoms with Crippen LogP contribution in [0.4, 0.5) is 5.69 Å². The van der Waals surface area contributed by atoms with E-state index in [2.05, 4.69) is 18.9 Å². The van der Waals surface area contributed by atoms with Crippen molar-refractivity contribution in [3.05, 3.63) is 35.4 Å². The maximum absolute atomic E-state index is 9.17. The van der Waals surface area contributed by atoms with Gasteiger partial charge in [-0.25, -0.2) is 0 Å². The zero-order chi connectivity index (χ0) is 17.8. The Balaban J connectivity index is 2.65. The van der Waals surface area contributed by atoms with E-state index in [1.807, 2.05) is 18.2 Å². The van der Waals surface area contributed by atoms with Crippen molar-refractivity contribution in [2.24, 2.45) is 0 Å². The largest absolute Gasteiger partial charge is 0.375 e. The Morgan fingerprint density at radius 2 is 1.46 bits per heavy atom. The third-order valence-electron chi connectivity index (χ3n) is 4.03. The average molecular weight is 320 g/mol. The van der Waals surface area contributed by atoms with Crippen LogP contribution in [0.25, 0.3) is 5.57 Å². The van der Waals surface area contributed by atoms with Crippen LogP contribution in [0.5, 0.6) is 0 Å². The van der Waals surface area contributed by atoms with Gasteiger partial charge in [0.1, 0.15) is 23.8 Å². The Morgan fingerprint density at radius 3 is 2.00 bits per heavy atom. The van der Waals surface area contributed by atoms with Gasteiger partial charge in [0.2, 0.25) is 0 Å². The maximum atomic E-state index is 9.17. The number of unbranched alkanes of at least 4 members (excludes halogenated alkanes) is 5. The highest BCUT2D eigenvalue weighted by Gasteiger charge is 2.09. The summed E-state index contributed by atoms with van der Waals surface area (Å²) >= 11 is 0. The van der Waals surface area contributed by atoms with Crippen molar-refractivity contribution in [1.82, 2.24) is 0 Å². The predicted octanol–water partition coefficient (Wildman–Crippen LogP) is 4.81. The van der Waals surface area contributed by atoms with Gasteiger partial charge in [0.25, 0.3) is 0 Å². The van der Waals surface area contributed by atoms with Crippen molar-refractivity contribution in [2.75, 3.05) is 18.5 Å². The first-order valence-electron chi connectivity index (χ1n) is 8.44. The molecule has 0 aliphatic heterocycles. The molecule has 0 saturated heterocycles. The molecule has 0 aromatic heterocycles. The number of anilines is 1. The molecule has 24 heavy (non-hydrogen) atoms. The average Bonchev–Trinajstić information content (AvgIpc) is 2.62. The fraction of sp³-hybridized carbons (Fsp3) is 0.450. The van der Waals surface area contributed by atoms with Gasteiger partial charge in [0.15, 0.2) is 0 Å². The fourth-order valence-electron chi connectivity index (χ4n) is 2.54. The lowest BCUT2D eigenvalue weighted by Gasteiger charge is -2.19. The first-order chi connectivity index (χ1) is 11.7. The molecule has 1 rings (SSSR count). The number of hydrogen-bond acceptors (Lipinski definition) is 4. The van der Waals surface area contributed by atoms with E-state index < -0.39 is 0 Å². The van der Waals surface area contributed by atoms with Crippen LogP contribution in [0.1, 0.15) is 51.0 Å². The number of nitriles is 3. The van der Waals surface area contributed by atoms with Crippen molar-refractivity contribution in [1.29, 1.82) is 15.8 Å². The summed E-state index contributed by atoms with van der Waals surface area (Å²) in [6, 6.07) is 12.9. The molecule has 0 unspecified atom stereocenters. The second-order valence-electron chi connectivity index (χ2n) is 5.82. The van der Waals surface area contributed by atoms with Crippen molar-refractivity contribution in [3.8, 4) is 18.2 Å². The van der Waals surface area contributed by atoms with E-state index in [-0.39, 0.29) is 11.1 Å². The molecule has 0 heterocycles. The van der Waals surface area contributed by atoms with E-state index >= 15 is 0 Å². The summed E-state index contributed by atoms with van der Waals surface area (Å²) < 4.78 is 0. The third-order valence-corrected chi connectivity index (χ3v) is 4.03. The van der Waals surface area contributed by atoms with Crippen LogP contribution in [0.15, 0.2) is 29.8 Å². The molecule has 0 N–H and O–H groups in total. The van der Waals surface area contributed by atoms with Crippen molar-refractivity contribution >= 4 is 11.3 Å². The Bertz CT molecular complexity index is 650. The summed E-state index contributed by atoms with van der Waals surface area (Å²) in [6.45, 7) is 3.22. The van der Waals surface area contributed by atoms with Crippen LogP contribution >= 0.6 is 0 Å². The van der Waals surface area contributed by atoms with Crippen LogP contribution in [0.2, 0.25) is 0 Å². The number of hydrogen-bond donors (Lipinski definition) is 0. The molecule has 4 nitrogen and oxygen atoms in total. The molecular weight excluding hydrogens is 296 g/mol. The number of nitrogens with zero attached hydrogens (tertiary/aromatic N) is 4. The summed E-state index contributed by atoms with van der Waals surface area (Å²) in [4.78, 5) is 2.19. The van der Waals surface area contributed by atoms with Crippen molar-refractivity contribution < 1.29 is 0 Å². The van der Waals surface area contributed by atoms with Gasteiger partial charge in [-0.1, -0.05) is 51.2 Å². The Labute approximate surface area is 145 Å². The quantitative estimate of drug-likeness (QED) is 0.483. The molecule has 0 aliphatic rings. The van der Waals surface area contributed by atoms with Gasteiger partial charge < -0.3 is 4.90 Å². The van der Waals surface area contributed by atoms with Crippen LogP contribution in [0.3, 0.4) is 0 Å². The molecule has 1 aromatic carbocycles. The van der Waals surface area contributed by atoms with Crippen LogP contribution in [-0.4, -0.2) is 13.6 Å². The van der Waals surface area contributed by atoms with Crippen molar-refractivity contribution in [3.63, 3.8) is 0 Å². The molecule has 0 radical (unpaired) electrons. The molecular formula is C20H24N4. The second kappa shape index (κ2) is 10.9. The molecule has 0 saturated carbocycles. The predicted molar refractivity (Wildman–Crippen MR) is 96.8 cm³/mol. The summed E-state index contributed by atoms with van der Waals surface area (Å²) in [5.74, 6) is 0. The number of rotatable bonds is 9. The van der Waals surface area contributed by atoms with Gasteiger partial charge in [0.05, 0.1) is 5.57 Å². The summed E-state index contributed by atoms with van der Waals surface area (Å²) in [6.07, 6.45) is 7.61. The first-order valence-corrected chi connectivity index (χ1v) is 8.44. The highest BCUT2D eigenvalue weighted by molar-refractivity contribution is 5.84. The highest BCUT2D eigenvalue weighted by atomic mass is 15.1. The SMILES string of the molecule is CCCCCCCCN(C)c1ccc(C(C#N)=C(C#N)C#N)cc1. The summed E-state index contributed by atoms with van der Waals surface area (Å²) in [7, 11) is 2.05. The van der Waals surface area contributed by atoms with E-state index in [0.29, 0.717) is 5.56 Å². The van der Waals surface area contributed by atoms with Gasteiger partial charge >= 0.3 is 0 Å². The molecule has 0 bridgehead atoms. The minimum absolute atomic E-state index is 0.130. The highest BCUT2D eigenvalue weighted by Crippen LogP contribution is 2.22. The van der Waals surface area contributed by atoms with Gasteiger partial charge in [-0.05, 0) is 24.1 Å². The van der Waals surface area contributed by atoms with Gasteiger partial charge in [-0.15, -0.1) is 0 Å². The second-order valence-corrected chi connectivity index (χ2v) is 5.82. The van der Waals surface area contributed by atoms with Crippen LogP contribution < -0.4 is 4.90 Å². The summed E-state index contributed by atoms with van der Waals surface area (Å²) in [5, 5.41) is 27.0. The van der Waals surface area contributed by atoms with Crippen LogP contribution in [-0.2, 0) is 0 Å². The van der Waals surface area contributed by atoms with Crippen LogP contribution in [0, 0.1) is 34.0 Å². The molecule has 1 aromatic rings. The fourth-order valence-corrected chi connectivity index (χ4v) is 2.54.